The predicted octanol–water partition coefficient (Wildman–Crippen LogP) is 2.61. The first-order valence-corrected chi connectivity index (χ1v) is 7.75. The van der Waals surface area contributed by atoms with Crippen LogP contribution in [0.5, 0.6) is 0 Å². The quantitative estimate of drug-likeness (QED) is 0.813. The second-order valence-corrected chi connectivity index (χ2v) is 5.82. The van der Waals surface area contributed by atoms with Crippen molar-refractivity contribution in [3.63, 3.8) is 0 Å². The van der Waals surface area contributed by atoms with E-state index in [1.165, 1.54) is 12.1 Å². The molecule has 1 fully saturated rings. The van der Waals surface area contributed by atoms with Crippen molar-refractivity contribution in [2.45, 2.75) is 31.5 Å². The third kappa shape index (κ3) is 3.75. The number of carbonyl (C=O) groups excluding carboxylic acids is 1. The van der Waals surface area contributed by atoms with Crippen LogP contribution in [0.1, 0.15) is 36.6 Å². The Bertz CT molecular complexity index is 660. The molecule has 3 atom stereocenters. The molecule has 0 aliphatic carbocycles. The normalized spacial score (nSPS) is 21.8. The van der Waals surface area contributed by atoms with Crippen LogP contribution in [0, 0.1) is 5.82 Å². The van der Waals surface area contributed by atoms with Crippen LogP contribution in [0.4, 0.5) is 4.39 Å². The first-order chi connectivity index (χ1) is 11.1. The topological polar surface area (TPSA) is 53.2 Å². The van der Waals surface area contributed by atoms with Gasteiger partial charge in [0.2, 0.25) is 5.91 Å². The number of carbonyl (C=O) groups is 1. The average molecular weight is 313 g/mol. The highest BCUT2D eigenvalue weighted by atomic mass is 19.1. The van der Waals surface area contributed by atoms with Crippen LogP contribution in [0.3, 0.4) is 0 Å². The Hall–Kier alpha value is -2.24. The van der Waals surface area contributed by atoms with E-state index < -0.39 is 0 Å². The van der Waals surface area contributed by atoms with Gasteiger partial charge >= 0.3 is 0 Å². The van der Waals surface area contributed by atoms with Crippen molar-refractivity contribution in [3.05, 3.63) is 71.5 Å². The fourth-order valence-electron chi connectivity index (χ4n) is 2.78. The van der Waals surface area contributed by atoms with E-state index in [1.54, 1.807) is 12.1 Å². The molecule has 3 rings (SSSR count). The Morgan fingerprint density at radius 2 is 1.83 bits per heavy atom. The number of amides is 1. The van der Waals surface area contributed by atoms with Crippen molar-refractivity contribution < 1.29 is 9.18 Å². The van der Waals surface area contributed by atoms with E-state index in [0.29, 0.717) is 6.42 Å². The summed E-state index contributed by atoms with van der Waals surface area (Å²) in [5.74, 6) is -0.302. The molecule has 2 aromatic carbocycles. The van der Waals surface area contributed by atoms with Gasteiger partial charge in [0.05, 0.1) is 6.04 Å². The van der Waals surface area contributed by atoms with Gasteiger partial charge in [0.25, 0.3) is 0 Å². The van der Waals surface area contributed by atoms with Gasteiger partial charge in [0.15, 0.2) is 0 Å². The fourth-order valence-corrected chi connectivity index (χ4v) is 2.78. The van der Waals surface area contributed by atoms with Gasteiger partial charge in [-0.05, 0) is 36.6 Å². The van der Waals surface area contributed by atoms with Crippen molar-refractivity contribution >= 4 is 5.91 Å². The van der Waals surface area contributed by atoms with Crippen molar-refractivity contribution in [1.29, 1.82) is 0 Å². The third-order valence-corrected chi connectivity index (χ3v) is 4.15. The van der Waals surface area contributed by atoms with E-state index in [4.69, 9.17) is 0 Å². The zero-order valence-electron chi connectivity index (χ0n) is 12.9. The minimum atomic E-state index is -0.309. The minimum Gasteiger partial charge on any atom is -0.348 e. The molecule has 5 heteroatoms. The molecule has 1 heterocycles. The zero-order chi connectivity index (χ0) is 16.2. The standard InChI is InChI=1S/C18H20FN3O/c1-12(13-5-3-2-4-6-13)20-18(23)17-11-16(21-22-17)14-7-9-15(19)10-8-14/h2-10,12,16-17,21-22H,11H2,1H3,(H,20,23). The van der Waals surface area contributed by atoms with Crippen molar-refractivity contribution in [2.75, 3.05) is 0 Å². The highest BCUT2D eigenvalue weighted by Gasteiger charge is 2.30. The van der Waals surface area contributed by atoms with E-state index in [-0.39, 0.29) is 29.8 Å². The molecule has 3 N–H and O–H groups in total. The maximum Gasteiger partial charge on any atom is 0.239 e. The Labute approximate surface area is 135 Å². The molecular weight excluding hydrogens is 293 g/mol. The maximum absolute atomic E-state index is 13.0. The SMILES string of the molecule is CC(NC(=O)C1CC(c2ccc(F)cc2)NN1)c1ccccc1. The molecule has 2 aromatic rings. The van der Waals surface area contributed by atoms with E-state index in [9.17, 15) is 9.18 Å². The van der Waals surface area contributed by atoms with Gasteiger partial charge in [0, 0.05) is 6.04 Å². The Morgan fingerprint density at radius 1 is 1.13 bits per heavy atom. The van der Waals surface area contributed by atoms with Crippen LogP contribution in [-0.4, -0.2) is 11.9 Å². The van der Waals surface area contributed by atoms with Crippen LogP contribution in [-0.2, 0) is 4.79 Å². The third-order valence-electron chi connectivity index (χ3n) is 4.15. The van der Waals surface area contributed by atoms with Gasteiger partial charge in [-0.1, -0.05) is 42.5 Å². The van der Waals surface area contributed by atoms with Crippen LogP contribution in [0.25, 0.3) is 0 Å². The lowest BCUT2D eigenvalue weighted by Gasteiger charge is -2.17. The van der Waals surface area contributed by atoms with E-state index in [0.717, 1.165) is 11.1 Å². The smallest absolute Gasteiger partial charge is 0.239 e. The van der Waals surface area contributed by atoms with E-state index >= 15 is 0 Å². The number of hydrazine groups is 1. The van der Waals surface area contributed by atoms with Gasteiger partial charge in [0.1, 0.15) is 11.9 Å². The summed E-state index contributed by atoms with van der Waals surface area (Å²) in [7, 11) is 0. The highest BCUT2D eigenvalue weighted by molar-refractivity contribution is 5.82. The first-order valence-electron chi connectivity index (χ1n) is 7.75. The summed E-state index contributed by atoms with van der Waals surface area (Å²) >= 11 is 0. The maximum atomic E-state index is 13.0. The van der Waals surface area contributed by atoms with Crippen molar-refractivity contribution in [1.82, 2.24) is 16.2 Å². The van der Waals surface area contributed by atoms with Crippen LogP contribution >= 0.6 is 0 Å². The van der Waals surface area contributed by atoms with Gasteiger partial charge in [-0.2, -0.15) is 0 Å². The summed E-state index contributed by atoms with van der Waals surface area (Å²) in [6.45, 7) is 1.97. The van der Waals surface area contributed by atoms with Gasteiger partial charge < -0.3 is 5.32 Å². The monoisotopic (exact) mass is 313 g/mol. The molecule has 0 bridgehead atoms. The summed E-state index contributed by atoms with van der Waals surface area (Å²) in [6, 6.07) is 15.8. The second kappa shape index (κ2) is 6.89. The molecule has 1 aliphatic rings. The molecule has 1 saturated heterocycles. The lowest BCUT2D eigenvalue weighted by molar-refractivity contribution is -0.123. The summed E-state index contributed by atoms with van der Waals surface area (Å²) in [5, 5.41) is 3.02. The summed E-state index contributed by atoms with van der Waals surface area (Å²) in [4.78, 5) is 12.4. The van der Waals surface area contributed by atoms with Gasteiger partial charge in [-0.15, -0.1) is 0 Å². The van der Waals surface area contributed by atoms with Gasteiger partial charge in [-0.3, -0.25) is 4.79 Å². The summed E-state index contributed by atoms with van der Waals surface area (Å²) in [6.07, 6.45) is 0.624. The van der Waals surface area contributed by atoms with Crippen LogP contribution < -0.4 is 16.2 Å². The molecule has 0 aromatic heterocycles. The summed E-state index contributed by atoms with van der Waals surface area (Å²) < 4.78 is 13.0. The number of hydrogen-bond donors (Lipinski definition) is 3. The molecule has 4 nitrogen and oxygen atoms in total. The second-order valence-electron chi connectivity index (χ2n) is 5.82. The largest absolute Gasteiger partial charge is 0.348 e. The minimum absolute atomic E-state index is 0.00150. The molecule has 0 spiro atoms. The Kier molecular flexibility index (Phi) is 4.69. The molecule has 3 unspecified atom stereocenters. The Morgan fingerprint density at radius 3 is 2.52 bits per heavy atom. The lowest BCUT2D eigenvalue weighted by atomic mass is 10.0. The Balaban J connectivity index is 1.58. The van der Waals surface area contributed by atoms with Crippen molar-refractivity contribution in [3.8, 4) is 0 Å². The number of halogens is 1. The van der Waals surface area contributed by atoms with Gasteiger partial charge in [-0.25, -0.2) is 15.2 Å². The number of hydrogen-bond acceptors (Lipinski definition) is 3. The van der Waals surface area contributed by atoms with E-state index in [1.807, 2.05) is 37.3 Å². The molecule has 23 heavy (non-hydrogen) atoms. The molecule has 120 valence electrons. The zero-order valence-corrected chi connectivity index (χ0v) is 12.9. The van der Waals surface area contributed by atoms with Crippen LogP contribution in [0.2, 0.25) is 0 Å². The van der Waals surface area contributed by atoms with Crippen molar-refractivity contribution in [2.24, 2.45) is 0 Å². The molecular formula is C18H20FN3O. The first kappa shape index (κ1) is 15.6. The molecule has 1 amide bonds. The lowest BCUT2D eigenvalue weighted by Crippen LogP contribution is -2.43. The predicted molar refractivity (Wildman–Crippen MR) is 86.8 cm³/mol. The molecule has 0 saturated carbocycles. The summed E-state index contributed by atoms with van der Waals surface area (Å²) in [5.41, 5.74) is 8.16. The number of nitrogens with one attached hydrogen (secondary N) is 3. The number of rotatable bonds is 4. The van der Waals surface area contributed by atoms with E-state index in [2.05, 4.69) is 16.2 Å². The average Bonchev–Trinajstić information content (AvgIpc) is 3.06. The highest BCUT2D eigenvalue weighted by Crippen LogP contribution is 2.23. The molecule has 0 radical (unpaired) electrons. The fraction of sp³-hybridized carbons (Fsp3) is 0.278. The molecule has 1 aliphatic heterocycles. The number of benzene rings is 2. The van der Waals surface area contributed by atoms with Crippen LogP contribution in [0.15, 0.2) is 54.6 Å².